The molecule has 0 aromatic heterocycles. The fourth-order valence-electron chi connectivity index (χ4n) is 1.96. The normalized spacial score (nSPS) is 10.8. The molecule has 0 radical (unpaired) electrons. The molecule has 118 valence electrons. The smallest absolute Gasteiger partial charge is 0.119 e. The number of benzene rings is 2. The zero-order valence-corrected chi connectivity index (χ0v) is 14.8. The van der Waals surface area contributed by atoms with Crippen LogP contribution in [0.4, 0.5) is 5.69 Å². The molecule has 0 saturated carbocycles. The minimum absolute atomic E-state index is 0.443. The van der Waals surface area contributed by atoms with Crippen LogP contribution < -0.4 is 10.1 Å². The number of nitrogens with one attached hydrogen (secondary N) is 1. The predicted octanol–water partition coefficient (Wildman–Crippen LogP) is 6.26. The van der Waals surface area contributed by atoms with Gasteiger partial charge in [0.1, 0.15) is 12.4 Å². The average Bonchev–Trinajstić information content (AvgIpc) is 2.49. The Morgan fingerprint density at radius 3 is 2.23 bits per heavy atom. The molecule has 1 N–H and O–H groups in total. The largest absolute Gasteiger partial charge is 0.492 e. The number of rotatable bonds is 6. The van der Waals surface area contributed by atoms with Crippen LogP contribution in [0.1, 0.15) is 25.3 Å². The quantitative estimate of drug-likeness (QED) is 0.486. The third-order valence-corrected chi connectivity index (χ3v) is 4.28. The Bertz CT molecular complexity index is 627. The van der Waals surface area contributed by atoms with E-state index < -0.39 is 0 Å². The van der Waals surface area contributed by atoms with Crippen molar-refractivity contribution in [1.82, 2.24) is 0 Å². The summed E-state index contributed by atoms with van der Waals surface area (Å²) in [7, 11) is 0. The maximum absolute atomic E-state index is 6.10. The molecule has 0 fully saturated rings. The lowest BCUT2D eigenvalue weighted by atomic mass is 10.0. The van der Waals surface area contributed by atoms with Gasteiger partial charge in [-0.2, -0.15) is 0 Å². The Balaban J connectivity index is 1.83. The van der Waals surface area contributed by atoms with Crippen LogP contribution >= 0.6 is 34.8 Å². The highest BCUT2D eigenvalue weighted by Gasteiger charge is 2.05. The van der Waals surface area contributed by atoms with Crippen LogP contribution in [0, 0.1) is 0 Å². The second-order valence-corrected chi connectivity index (χ2v) is 6.47. The van der Waals surface area contributed by atoms with Crippen molar-refractivity contribution < 1.29 is 4.74 Å². The Kier molecular flexibility index (Phi) is 6.25. The number of hydrogen-bond donors (Lipinski definition) is 1. The maximum atomic E-state index is 6.10. The Hall–Kier alpha value is -1.09. The van der Waals surface area contributed by atoms with E-state index in [1.54, 1.807) is 12.1 Å². The summed E-state index contributed by atoms with van der Waals surface area (Å²) in [6.45, 7) is 5.47. The van der Waals surface area contributed by atoms with Gasteiger partial charge in [0.25, 0.3) is 0 Å². The molecule has 2 rings (SSSR count). The molecule has 0 heterocycles. The Morgan fingerprint density at radius 2 is 1.59 bits per heavy atom. The van der Waals surface area contributed by atoms with Crippen molar-refractivity contribution in [3.63, 3.8) is 0 Å². The molecule has 0 bridgehead atoms. The lowest BCUT2D eigenvalue weighted by molar-refractivity contribution is 0.333. The van der Waals surface area contributed by atoms with Gasteiger partial charge in [-0.05, 0) is 35.7 Å². The lowest BCUT2D eigenvalue weighted by Crippen LogP contribution is -2.11. The first kappa shape index (κ1) is 17.3. The topological polar surface area (TPSA) is 21.3 Å². The van der Waals surface area contributed by atoms with Crippen LogP contribution in [0.2, 0.25) is 15.1 Å². The third-order valence-electron chi connectivity index (χ3n) is 3.24. The standard InChI is InChI=1S/C17H18Cl3NO/c1-11(2)12-3-5-13(6-4-12)22-8-7-21-17-10-15(19)14(18)9-16(17)20/h3-6,9-11,21H,7-8H2,1-2H3. The van der Waals surface area contributed by atoms with Crippen LogP contribution in [0.5, 0.6) is 5.75 Å². The second-order valence-electron chi connectivity index (χ2n) is 5.25. The minimum Gasteiger partial charge on any atom is -0.492 e. The summed E-state index contributed by atoms with van der Waals surface area (Å²) in [5.74, 6) is 1.37. The SMILES string of the molecule is CC(C)c1ccc(OCCNc2cc(Cl)c(Cl)cc2Cl)cc1. The predicted molar refractivity (Wildman–Crippen MR) is 96.0 cm³/mol. The molecular formula is C17H18Cl3NO. The molecule has 2 nitrogen and oxygen atoms in total. The molecule has 2 aromatic rings. The minimum atomic E-state index is 0.443. The van der Waals surface area contributed by atoms with Gasteiger partial charge in [-0.25, -0.2) is 0 Å². The van der Waals surface area contributed by atoms with E-state index >= 15 is 0 Å². The molecule has 0 aliphatic heterocycles. The van der Waals surface area contributed by atoms with Crippen LogP contribution in [-0.2, 0) is 0 Å². The first-order valence-corrected chi connectivity index (χ1v) is 8.22. The van der Waals surface area contributed by atoms with Crippen molar-refractivity contribution in [3.8, 4) is 5.75 Å². The van der Waals surface area contributed by atoms with Gasteiger partial charge < -0.3 is 10.1 Å². The van der Waals surface area contributed by atoms with Gasteiger partial charge in [-0.1, -0.05) is 60.8 Å². The van der Waals surface area contributed by atoms with Crippen molar-refractivity contribution >= 4 is 40.5 Å². The molecule has 0 amide bonds. The van der Waals surface area contributed by atoms with E-state index in [0.29, 0.717) is 34.1 Å². The van der Waals surface area contributed by atoms with E-state index in [2.05, 4.69) is 31.3 Å². The van der Waals surface area contributed by atoms with Crippen molar-refractivity contribution in [2.75, 3.05) is 18.5 Å². The van der Waals surface area contributed by atoms with Crippen molar-refractivity contribution in [2.24, 2.45) is 0 Å². The maximum Gasteiger partial charge on any atom is 0.119 e. The van der Waals surface area contributed by atoms with Crippen molar-refractivity contribution in [1.29, 1.82) is 0 Å². The Labute approximate surface area is 146 Å². The number of hydrogen-bond acceptors (Lipinski definition) is 2. The molecule has 0 aliphatic rings. The summed E-state index contributed by atoms with van der Waals surface area (Å²) in [5.41, 5.74) is 2.04. The zero-order valence-electron chi connectivity index (χ0n) is 12.5. The van der Waals surface area contributed by atoms with E-state index in [9.17, 15) is 0 Å². The van der Waals surface area contributed by atoms with E-state index in [1.807, 2.05) is 12.1 Å². The highest BCUT2D eigenvalue weighted by Crippen LogP contribution is 2.32. The molecule has 5 heteroatoms. The van der Waals surface area contributed by atoms with Crippen LogP contribution in [-0.4, -0.2) is 13.2 Å². The molecule has 0 atom stereocenters. The summed E-state index contributed by atoms with van der Waals surface area (Å²) in [4.78, 5) is 0. The van der Waals surface area contributed by atoms with Gasteiger partial charge >= 0.3 is 0 Å². The summed E-state index contributed by atoms with van der Waals surface area (Å²) in [5, 5.41) is 4.63. The van der Waals surface area contributed by atoms with E-state index in [4.69, 9.17) is 39.5 Å². The molecule has 0 saturated heterocycles. The molecular weight excluding hydrogens is 341 g/mol. The van der Waals surface area contributed by atoms with Crippen molar-refractivity contribution in [2.45, 2.75) is 19.8 Å². The first-order chi connectivity index (χ1) is 10.5. The van der Waals surface area contributed by atoms with Gasteiger partial charge in [-0.3, -0.25) is 0 Å². The molecule has 0 spiro atoms. The summed E-state index contributed by atoms with van der Waals surface area (Å²) in [6.07, 6.45) is 0. The first-order valence-electron chi connectivity index (χ1n) is 7.08. The van der Waals surface area contributed by atoms with E-state index in [-0.39, 0.29) is 0 Å². The van der Waals surface area contributed by atoms with Crippen LogP contribution in [0.15, 0.2) is 36.4 Å². The summed E-state index contributed by atoms with van der Waals surface area (Å²) >= 11 is 18.0. The fraction of sp³-hybridized carbons (Fsp3) is 0.294. The highest BCUT2D eigenvalue weighted by atomic mass is 35.5. The zero-order chi connectivity index (χ0) is 16.1. The van der Waals surface area contributed by atoms with Crippen molar-refractivity contribution in [3.05, 3.63) is 57.0 Å². The van der Waals surface area contributed by atoms with E-state index in [0.717, 1.165) is 11.4 Å². The third kappa shape index (κ3) is 4.70. The second kappa shape index (κ2) is 7.96. The molecule has 2 aromatic carbocycles. The molecule has 22 heavy (non-hydrogen) atoms. The van der Waals surface area contributed by atoms with Gasteiger partial charge in [0.05, 0.1) is 20.8 Å². The van der Waals surface area contributed by atoms with Gasteiger partial charge in [0.15, 0.2) is 0 Å². The highest BCUT2D eigenvalue weighted by molar-refractivity contribution is 6.44. The monoisotopic (exact) mass is 357 g/mol. The number of ether oxygens (including phenoxy) is 1. The number of halogens is 3. The fourth-order valence-corrected chi connectivity index (χ4v) is 2.58. The van der Waals surface area contributed by atoms with Gasteiger partial charge in [0, 0.05) is 6.54 Å². The van der Waals surface area contributed by atoms with E-state index in [1.165, 1.54) is 5.56 Å². The average molecular weight is 359 g/mol. The number of anilines is 1. The summed E-state index contributed by atoms with van der Waals surface area (Å²) < 4.78 is 5.69. The molecule has 0 aliphatic carbocycles. The van der Waals surface area contributed by atoms with Gasteiger partial charge in [0.2, 0.25) is 0 Å². The Morgan fingerprint density at radius 1 is 0.955 bits per heavy atom. The van der Waals surface area contributed by atoms with Crippen LogP contribution in [0.3, 0.4) is 0 Å². The van der Waals surface area contributed by atoms with Gasteiger partial charge in [-0.15, -0.1) is 0 Å². The molecule has 0 unspecified atom stereocenters. The van der Waals surface area contributed by atoms with Crippen LogP contribution in [0.25, 0.3) is 0 Å². The lowest BCUT2D eigenvalue weighted by Gasteiger charge is -2.12. The summed E-state index contributed by atoms with van der Waals surface area (Å²) in [6, 6.07) is 11.5.